The van der Waals surface area contributed by atoms with Crippen molar-refractivity contribution in [2.24, 2.45) is 0 Å². The van der Waals surface area contributed by atoms with Gasteiger partial charge in [0.2, 0.25) is 0 Å². The lowest BCUT2D eigenvalue weighted by Gasteiger charge is -2.38. The van der Waals surface area contributed by atoms with E-state index in [-0.39, 0.29) is 0 Å². The standard InChI is InChI=1S/C26H29NOS/c1-19-8-6-9-24(21(19)3)22-11-13-23(14-12-22)26(28)15-17-27(18-16-26)29-25-10-5-4-7-20(25)2/h4-14,28H,15-18H2,1-3H3. The van der Waals surface area contributed by atoms with Crippen molar-refractivity contribution in [3.8, 4) is 11.1 Å². The van der Waals surface area contributed by atoms with E-state index in [1.54, 1.807) is 0 Å². The van der Waals surface area contributed by atoms with Crippen molar-refractivity contribution in [2.75, 3.05) is 13.1 Å². The third-order valence-corrected chi connectivity index (χ3v) is 7.49. The van der Waals surface area contributed by atoms with E-state index in [1.165, 1.54) is 32.7 Å². The minimum atomic E-state index is -0.733. The number of nitrogens with zero attached hydrogens (tertiary/aromatic N) is 1. The highest BCUT2D eigenvalue weighted by Gasteiger charge is 2.34. The van der Waals surface area contributed by atoms with Crippen LogP contribution in [0, 0.1) is 20.8 Å². The van der Waals surface area contributed by atoms with Crippen LogP contribution in [-0.2, 0) is 5.60 Å². The van der Waals surface area contributed by atoms with Crippen molar-refractivity contribution in [2.45, 2.75) is 44.1 Å². The smallest absolute Gasteiger partial charge is 0.0921 e. The molecule has 0 atom stereocenters. The molecule has 0 spiro atoms. The van der Waals surface area contributed by atoms with Crippen LogP contribution in [0.5, 0.6) is 0 Å². The Morgan fingerprint density at radius 3 is 2.14 bits per heavy atom. The zero-order valence-corrected chi connectivity index (χ0v) is 18.3. The fraction of sp³-hybridized carbons (Fsp3) is 0.308. The van der Waals surface area contributed by atoms with Gasteiger partial charge in [-0.05, 0) is 85.0 Å². The van der Waals surface area contributed by atoms with Crippen LogP contribution in [-0.4, -0.2) is 22.5 Å². The molecule has 1 heterocycles. The lowest BCUT2D eigenvalue weighted by atomic mass is 9.84. The van der Waals surface area contributed by atoms with Crippen molar-refractivity contribution in [3.63, 3.8) is 0 Å². The molecular formula is C26H29NOS. The van der Waals surface area contributed by atoms with Crippen LogP contribution < -0.4 is 0 Å². The Hall–Kier alpha value is -2.07. The molecule has 1 aliphatic rings. The normalized spacial score (nSPS) is 16.7. The second kappa shape index (κ2) is 8.35. The molecule has 0 bridgehead atoms. The van der Waals surface area contributed by atoms with Gasteiger partial charge in [0, 0.05) is 18.0 Å². The van der Waals surface area contributed by atoms with Crippen LogP contribution in [0.4, 0.5) is 0 Å². The molecule has 29 heavy (non-hydrogen) atoms. The second-order valence-corrected chi connectivity index (χ2v) is 9.28. The molecule has 3 aromatic carbocycles. The molecular weight excluding hydrogens is 374 g/mol. The van der Waals surface area contributed by atoms with Crippen molar-refractivity contribution in [1.82, 2.24) is 4.31 Å². The predicted molar refractivity (Wildman–Crippen MR) is 123 cm³/mol. The highest BCUT2D eigenvalue weighted by Crippen LogP contribution is 2.38. The number of hydrogen-bond acceptors (Lipinski definition) is 3. The molecule has 3 aromatic rings. The van der Waals surface area contributed by atoms with Gasteiger partial charge in [0.25, 0.3) is 0 Å². The van der Waals surface area contributed by atoms with E-state index < -0.39 is 5.60 Å². The van der Waals surface area contributed by atoms with Gasteiger partial charge < -0.3 is 5.11 Å². The largest absolute Gasteiger partial charge is 0.385 e. The maximum atomic E-state index is 11.3. The number of hydrogen-bond donors (Lipinski definition) is 1. The molecule has 3 heteroatoms. The Bertz CT molecular complexity index is 988. The molecule has 4 rings (SSSR count). The summed E-state index contributed by atoms with van der Waals surface area (Å²) in [6.07, 6.45) is 1.52. The number of rotatable bonds is 4. The third-order valence-electron chi connectivity index (χ3n) is 6.21. The Morgan fingerprint density at radius 2 is 1.45 bits per heavy atom. The minimum Gasteiger partial charge on any atom is -0.385 e. The van der Waals surface area contributed by atoms with E-state index in [1.807, 2.05) is 11.9 Å². The van der Waals surface area contributed by atoms with Crippen LogP contribution in [0.3, 0.4) is 0 Å². The lowest BCUT2D eigenvalue weighted by Crippen LogP contribution is -2.39. The van der Waals surface area contributed by atoms with Crippen molar-refractivity contribution < 1.29 is 5.11 Å². The highest BCUT2D eigenvalue weighted by atomic mass is 32.2. The Balaban J connectivity index is 1.45. The number of piperidine rings is 1. The van der Waals surface area contributed by atoms with E-state index in [2.05, 4.69) is 91.8 Å². The van der Waals surface area contributed by atoms with Gasteiger partial charge in [0.15, 0.2) is 0 Å². The van der Waals surface area contributed by atoms with Crippen molar-refractivity contribution in [1.29, 1.82) is 0 Å². The first-order chi connectivity index (χ1) is 14.0. The van der Waals surface area contributed by atoms with Crippen LogP contribution in [0.25, 0.3) is 11.1 Å². The first kappa shape index (κ1) is 20.2. The summed E-state index contributed by atoms with van der Waals surface area (Å²) in [5.74, 6) is 0. The molecule has 1 aliphatic heterocycles. The van der Waals surface area contributed by atoms with Gasteiger partial charge in [0.1, 0.15) is 0 Å². The quantitative estimate of drug-likeness (QED) is 0.519. The number of benzene rings is 3. The molecule has 0 unspecified atom stereocenters. The summed E-state index contributed by atoms with van der Waals surface area (Å²) in [5, 5.41) is 11.3. The highest BCUT2D eigenvalue weighted by molar-refractivity contribution is 7.97. The average molecular weight is 404 g/mol. The Labute approximate surface area is 178 Å². The van der Waals surface area contributed by atoms with Crippen LogP contribution in [0.15, 0.2) is 71.6 Å². The lowest BCUT2D eigenvalue weighted by molar-refractivity contribution is -0.00802. The van der Waals surface area contributed by atoms with Crippen LogP contribution in [0.2, 0.25) is 0 Å². The summed E-state index contributed by atoms with van der Waals surface area (Å²) in [5.41, 5.74) is 6.72. The molecule has 0 aromatic heterocycles. The topological polar surface area (TPSA) is 23.5 Å². The summed E-state index contributed by atoms with van der Waals surface area (Å²) >= 11 is 1.81. The van der Waals surface area contributed by atoms with E-state index in [9.17, 15) is 5.11 Å². The van der Waals surface area contributed by atoms with Gasteiger partial charge in [-0.1, -0.05) is 60.7 Å². The molecule has 1 saturated heterocycles. The van der Waals surface area contributed by atoms with Gasteiger partial charge in [0.05, 0.1) is 5.60 Å². The van der Waals surface area contributed by atoms with Crippen molar-refractivity contribution >= 4 is 11.9 Å². The maximum Gasteiger partial charge on any atom is 0.0921 e. The fourth-order valence-corrected chi connectivity index (χ4v) is 5.05. The molecule has 0 aliphatic carbocycles. The summed E-state index contributed by atoms with van der Waals surface area (Å²) in [6.45, 7) is 8.25. The Morgan fingerprint density at radius 1 is 0.793 bits per heavy atom. The average Bonchev–Trinajstić information content (AvgIpc) is 2.74. The summed E-state index contributed by atoms with van der Waals surface area (Å²) in [7, 11) is 0. The first-order valence-electron chi connectivity index (χ1n) is 10.3. The van der Waals surface area contributed by atoms with Crippen molar-refractivity contribution in [3.05, 3.63) is 89.0 Å². The van der Waals surface area contributed by atoms with Gasteiger partial charge in [-0.25, -0.2) is 4.31 Å². The van der Waals surface area contributed by atoms with Gasteiger partial charge in [-0.2, -0.15) is 0 Å². The molecule has 1 fully saturated rings. The Kier molecular flexibility index (Phi) is 5.82. The molecule has 0 radical (unpaired) electrons. The van der Waals surface area contributed by atoms with Crippen LogP contribution in [0.1, 0.15) is 35.1 Å². The van der Waals surface area contributed by atoms with E-state index in [0.29, 0.717) is 0 Å². The zero-order valence-electron chi connectivity index (χ0n) is 17.5. The summed E-state index contributed by atoms with van der Waals surface area (Å²) < 4.78 is 2.38. The molecule has 1 N–H and O–H groups in total. The molecule has 0 amide bonds. The van der Waals surface area contributed by atoms with E-state index in [4.69, 9.17) is 0 Å². The summed E-state index contributed by atoms with van der Waals surface area (Å²) in [6, 6.07) is 23.5. The van der Waals surface area contributed by atoms with E-state index >= 15 is 0 Å². The van der Waals surface area contributed by atoms with Gasteiger partial charge in [-0.15, -0.1) is 0 Å². The minimum absolute atomic E-state index is 0.733. The number of aryl methyl sites for hydroxylation is 2. The van der Waals surface area contributed by atoms with E-state index in [0.717, 1.165) is 31.5 Å². The molecule has 150 valence electrons. The second-order valence-electron chi connectivity index (χ2n) is 8.14. The first-order valence-corrected chi connectivity index (χ1v) is 11.1. The van der Waals surface area contributed by atoms with Crippen LogP contribution >= 0.6 is 11.9 Å². The van der Waals surface area contributed by atoms with Gasteiger partial charge >= 0.3 is 0 Å². The zero-order chi connectivity index (χ0) is 20.4. The summed E-state index contributed by atoms with van der Waals surface area (Å²) in [4.78, 5) is 1.30. The monoisotopic (exact) mass is 403 g/mol. The fourth-order valence-electron chi connectivity index (χ4n) is 4.06. The SMILES string of the molecule is Cc1ccccc1SN1CCC(O)(c2ccc(-c3cccc(C)c3C)cc2)CC1. The molecule has 0 saturated carbocycles. The molecule has 2 nitrogen and oxygen atoms in total. The predicted octanol–water partition coefficient (Wildman–Crippen LogP) is 6.27. The number of aliphatic hydroxyl groups is 1. The maximum absolute atomic E-state index is 11.3. The van der Waals surface area contributed by atoms with Gasteiger partial charge in [-0.3, -0.25) is 0 Å². The third kappa shape index (κ3) is 4.28.